The summed E-state index contributed by atoms with van der Waals surface area (Å²) in [5.41, 5.74) is 0. The van der Waals surface area contributed by atoms with Crippen LogP contribution in [0.3, 0.4) is 0 Å². The Hall–Kier alpha value is -1.99. The van der Waals surface area contributed by atoms with Gasteiger partial charge in [-0.05, 0) is 51.4 Å². The fraction of sp³-hybridized carbons (Fsp3) is 0.767. The molecule has 302 valence electrons. The smallest absolute Gasteiger partial charge is 0.462 e. The predicted molar refractivity (Wildman–Crippen MR) is 216 cm³/mol. The van der Waals surface area contributed by atoms with E-state index in [9.17, 15) is 14.2 Å². The largest absolute Gasteiger partial charge is 0.469 e. The van der Waals surface area contributed by atoms with Gasteiger partial charge in [0.25, 0.3) is 0 Å². The summed E-state index contributed by atoms with van der Waals surface area (Å²) in [6.07, 6.45) is 46.9. The van der Waals surface area contributed by atoms with Gasteiger partial charge in [-0.15, -0.1) is 0 Å². The maximum atomic E-state index is 12.4. The molecule has 9 heteroatoms. The standard InChI is InChI=1S/C43H77O8P/c1-3-5-7-9-11-13-15-17-19-21-23-25-27-29-31-33-35-37-42(44)49-39-41(40-50-52(46,47)48)51-43(45)38-36-34-32-30-28-26-24-22-20-18-16-14-12-10-8-6-4-2/h11,13,17,19,23,25,29,31,41H,3-10,12,14-16,18,20-22,24,26-28,30,32-40H2,1-2H3,(H2,46,47,48)/b13-11+,19-17+,25-23+,31-29+/t41-/m1/s1. The van der Waals surface area contributed by atoms with Gasteiger partial charge < -0.3 is 19.3 Å². The number of ether oxygens (including phenoxy) is 2. The molecule has 0 aromatic carbocycles. The van der Waals surface area contributed by atoms with Crippen LogP contribution in [0.2, 0.25) is 0 Å². The minimum atomic E-state index is -4.76. The van der Waals surface area contributed by atoms with E-state index in [1.54, 1.807) is 0 Å². The summed E-state index contributed by atoms with van der Waals surface area (Å²) in [7, 11) is -4.76. The lowest BCUT2D eigenvalue weighted by Gasteiger charge is -2.18. The Balaban J connectivity index is 4.00. The average Bonchev–Trinajstić information content (AvgIpc) is 3.11. The molecule has 8 nitrogen and oxygen atoms in total. The first kappa shape index (κ1) is 50.0. The quantitative estimate of drug-likeness (QED) is 0.0277. The van der Waals surface area contributed by atoms with Crippen molar-refractivity contribution in [2.24, 2.45) is 0 Å². The third kappa shape index (κ3) is 40.8. The molecule has 0 saturated carbocycles. The average molecular weight is 753 g/mol. The Bertz CT molecular complexity index is 984. The normalized spacial score (nSPS) is 12.9. The number of phosphoric ester groups is 1. The minimum absolute atomic E-state index is 0.192. The number of hydrogen-bond donors (Lipinski definition) is 2. The van der Waals surface area contributed by atoms with E-state index in [0.29, 0.717) is 12.8 Å². The lowest BCUT2D eigenvalue weighted by Crippen LogP contribution is -2.29. The molecule has 1 atom stereocenters. The molecule has 0 amide bonds. The van der Waals surface area contributed by atoms with E-state index in [0.717, 1.165) is 44.9 Å². The van der Waals surface area contributed by atoms with E-state index in [-0.39, 0.29) is 19.4 Å². The molecule has 0 bridgehead atoms. The number of carbonyl (C=O) groups is 2. The number of allylic oxidation sites excluding steroid dienone is 8. The third-order valence-electron chi connectivity index (χ3n) is 8.85. The zero-order chi connectivity index (χ0) is 38.2. The van der Waals surface area contributed by atoms with E-state index in [1.807, 2.05) is 6.08 Å². The first-order chi connectivity index (χ1) is 25.3. The minimum Gasteiger partial charge on any atom is -0.462 e. The highest BCUT2D eigenvalue weighted by Gasteiger charge is 2.22. The van der Waals surface area contributed by atoms with E-state index in [2.05, 4.69) is 60.9 Å². The van der Waals surface area contributed by atoms with Crippen LogP contribution in [-0.4, -0.2) is 41.0 Å². The van der Waals surface area contributed by atoms with E-state index in [4.69, 9.17) is 19.3 Å². The lowest BCUT2D eigenvalue weighted by molar-refractivity contribution is -0.161. The molecule has 2 N–H and O–H groups in total. The van der Waals surface area contributed by atoms with Gasteiger partial charge >= 0.3 is 19.8 Å². The Morgan fingerprint density at radius 1 is 0.500 bits per heavy atom. The summed E-state index contributed by atoms with van der Waals surface area (Å²) in [5.74, 6) is -0.946. The van der Waals surface area contributed by atoms with Crippen LogP contribution in [0.1, 0.15) is 194 Å². The molecular formula is C43H77O8P. The van der Waals surface area contributed by atoms with Crippen molar-refractivity contribution in [1.29, 1.82) is 0 Å². The molecule has 0 fully saturated rings. The number of phosphoric acid groups is 1. The highest BCUT2D eigenvalue weighted by Crippen LogP contribution is 2.36. The maximum Gasteiger partial charge on any atom is 0.469 e. The van der Waals surface area contributed by atoms with Gasteiger partial charge in [-0.3, -0.25) is 14.1 Å². The van der Waals surface area contributed by atoms with Crippen LogP contribution < -0.4 is 0 Å². The molecule has 0 aromatic heterocycles. The molecule has 52 heavy (non-hydrogen) atoms. The van der Waals surface area contributed by atoms with Crippen molar-refractivity contribution in [1.82, 2.24) is 0 Å². The fourth-order valence-corrected chi connectivity index (χ4v) is 6.08. The molecule has 0 radical (unpaired) electrons. The highest BCUT2D eigenvalue weighted by molar-refractivity contribution is 7.46. The van der Waals surface area contributed by atoms with Crippen LogP contribution in [-0.2, 0) is 28.2 Å². The summed E-state index contributed by atoms with van der Waals surface area (Å²) < 4.78 is 26.3. The van der Waals surface area contributed by atoms with Gasteiger partial charge in [0.1, 0.15) is 6.61 Å². The van der Waals surface area contributed by atoms with Crippen molar-refractivity contribution in [2.45, 2.75) is 200 Å². The van der Waals surface area contributed by atoms with Gasteiger partial charge in [-0.25, -0.2) is 4.57 Å². The number of carbonyl (C=O) groups excluding carboxylic acids is 2. The Morgan fingerprint density at radius 3 is 1.35 bits per heavy atom. The number of rotatable bonds is 38. The predicted octanol–water partition coefficient (Wildman–Crippen LogP) is 12.7. The molecule has 0 aliphatic carbocycles. The van der Waals surface area contributed by atoms with Gasteiger partial charge in [0.15, 0.2) is 6.10 Å². The van der Waals surface area contributed by atoms with Crippen molar-refractivity contribution < 1.29 is 37.9 Å². The maximum absolute atomic E-state index is 12.4. The van der Waals surface area contributed by atoms with Gasteiger partial charge in [0.05, 0.1) is 6.61 Å². The van der Waals surface area contributed by atoms with Crippen LogP contribution in [0.25, 0.3) is 0 Å². The Morgan fingerprint density at radius 2 is 0.885 bits per heavy atom. The number of esters is 2. The monoisotopic (exact) mass is 753 g/mol. The van der Waals surface area contributed by atoms with Gasteiger partial charge in [-0.2, -0.15) is 0 Å². The topological polar surface area (TPSA) is 119 Å². The SMILES string of the molecule is CCCCC/C=C/C/C=C/C/C=C/C/C=C/CCCC(=O)OC[C@H](COP(=O)(O)O)OC(=O)CCCCCCCCCCCCCCCCCCC. The summed E-state index contributed by atoms with van der Waals surface area (Å²) in [5, 5.41) is 0. The van der Waals surface area contributed by atoms with Crippen LogP contribution in [0.5, 0.6) is 0 Å². The van der Waals surface area contributed by atoms with Crippen LogP contribution in [0, 0.1) is 0 Å². The molecule has 0 unspecified atom stereocenters. The van der Waals surface area contributed by atoms with Crippen molar-refractivity contribution in [2.75, 3.05) is 13.2 Å². The van der Waals surface area contributed by atoms with E-state index in [1.165, 1.54) is 109 Å². The zero-order valence-electron chi connectivity index (χ0n) is 33.2. The lowest BCUT2D eigenvalue weighted by atomic mass is 10.0. The molecule has 0 rings (SSSR count). The van der Waals surface area contributed by atoms with Crippen LogP contribution >= 0.6 is 7.82 Å². The van der Waals surface area contributed by atoms with Crippen LogP contribution in [0.15, 0.2) is 48.6 Å². The first-order valence-corrected chi connectivity index (χ1v) is 22.5. The summed E-state index contributed by atoms with van der Waals surface area (Å²) in [6, 6.07) is 0. The second-order valence-corrected chi connectivity index (χ2v) is 15.2. The fourth-order valence-electron chi connectivity index (χ4n) is 5.72. The molecule has 0 spiro atoms. The second kappa shape index (κ2) is 38.7. The van der Waals surface area contributed by atoms with Gasteiger partial charge in [0, 0.05) is 12.8 Å². The number of unbranched alkanes of at least 4 members (excludes halogenated alkanes) is 20. The van der Waals surface area contributed by atoms with E-state index < -0.39 is 32.5 Å². The van der Waals surface area contributed by atoms with E-state index >= 15 is 0 Å². The summed E-state index contributed by atoms with van der Waals surface area (Å²) in [6.45, 7) is 3.62. The highest BCUT2D eigenvalue weighted by atomic mass is 31.2. The second-order valence-electron chi connectivity index (χ2n) is 14.0. The summed E-state index contributed by atoms with van der Waals surface area (Å²) >= 11 is 0. The zero-order valence-corrected chi connectivity index (χ0v) is 34.1. The first-order valence-electron chi connectivity index (χ1n) is 20.9. The Labute approximate surface area is 318 Å². The van der Waals surface area contributed by atoms with Gasteiger partial charge in [0.2, 0.25) is 0 Å². The van der Waals surface area contributed by atoms with Crippen molar-refractivity contribution in [3.63, 3.8) is 0 Å². The van der Waals surface area contributed by atoms with Crippen LogP contribution in [0.4, 0.5) is 0 Å². The van der Waals surface area contributed by atoms with Crippen molar-refractivity contribution in [3.8, 4) is 0 Å². The Kier molecular flexibility index (Phi) is 37.2. The summed E-state index contributed by atoms with van der Waals surface area (Å²) in [4.78, 5) is 42.8. The third-order valence-corrected chi connectivity index (χ3v) is 9.34. The molecular weight excluding hydrogens is 675 g/mol. The van der Waals surface area contributed by atoms with Gasteiger partial charge in [-0.1, -0.05) is 178 Å². The van der Waals surface area contributed by atoms with Crippen molar-refractivity contribution >= 4 is 19.8 Å². The molecule has 0 heterocycles. The van der Waals surface area contributed by atoms with Crippen molar-refractivity contribution in [3.05, 3.63) is 48.6 Å². The molecule has 0 aliphatic rings. The molecule has 0 saturated heterocycles. The number of hydrogen-bond acceptors (Lipinski definition) is 6. The molecule has 0 aromatic rings. The molecule has 0 aliphatic heterocycles.